The van der Waals surface area contributed by atoms with Crippen molar-refractivity contribution in [2.75, 3.05) is 27.7 Å². The van der Waals surface area contributed by atoms with Crippen LogP contribution >= 0.6 is 0 Å². The van der Waals surface area contributed by atoms with E-state index in [1.807, 2.05) is 57.2 Å². The van der Waals surface area contributed by atoms with Gasteiger partial charge >= 0.3 is 6.03 Å². The summed E-state index contributed by atoms with van der Waals surface area (Å²) in [4.78, 5) is 14.3. The van der Waals surface area contributed by atoms with E-state index < -0.39 is 0 Å². The second-order valence-electron chi connectivity index (χ2n) is 6.10. The van der Waals surface area contributed by atoms with E-state index >= 15 is 0 Å². The van der Waals surface area contributed by atoms with Crippen LogP contribution in [0.25, 0.3) is 0 Å². The van der Waals surface area contributed by atoms with E-state index in [2.05, 4.69) is 20.8 Å². The highest BCUT2D eigenvalue weighted by atomic mass is 16.5. The zero-order chi connectivity index (χ0) is 18.4. The summed E-state index contributed by atoms with van der Waals surface area (Å²) in [5.74, 6) is 1.50. The Labute approximate surface area is 148 Å². The lowest BCUT2D eigenvalue weighted by atomic mass is 10.0. The molecule has 0 aliphatic heterocycles. The summed E-state index contributed by atoms with van der Waals surface area (Å²) in [6, 6.07) is 7.32. The van der Waals surface area contributed by atoms with Crippen LogP contribution in [-0.2, 0) is 7.05 Å². The van der Waals surface area contributed by atoms with E-state index in [-0.39, 0.29) is 18.1 Å². The minimum absolute atomic E-state index is 0.00738. The molecular formula is C17H26N6O2. The van der Waals surface area contributed by atoms with Gasteiger partial charge in [-0.25, -0.2) is 4.79 Å². The third kappa shape index (κ3) is 4.69. The Balaban J connectivity index is 1.99. The summed E-state index contributed by atoms with van der Waals surface area (Å²) in [5.41, 5.74) is 1.02. The summed E-state index contributed by atoms with van der Waals surface area (Å²) in [6.45, 7) is 2.32. The molecule has 25 heavy (non-hydrogen) atoms. The smallest absolute Gasteiger partial charge is 0.315 e. The molecule has 0 radical (unpaired) electrons. The Morgan fingerprint density at radius 1 is 1.36 bits per heavy atom. The zero-order valence-corrected chi connectivity index (χ0v) is 15.4. The second kappa shape index (κ2) is 8.48. The number of nitrogens with one attached hydrogen (secondary N) is 2. The van der Waals surface area contributed by atoms with Gasteiger partial charge in [0.05, 0.1) is 19.2 Å². The van der Waals surface area contributed by atoms with E-state index in [0.29, 0.717) is 12.4 Å². The quantitative estimate of drug-likeness (QED) is 0.793. The van der Waals surface area contributed by atoms with Crippen LogP contribution in [0.15, 0.2) is 30.6 Å². The minimum Gasteiger partial charge on any atom is -0.496 e. The molecule has 2 atom stereocenters. The van der Waals surface area contributed by atoms with Gasteiger partial charge < -0.3 is 24.8 Å². The van der Waals surface area contributed by atoms with Crippen molar-refractivity contribution in [1.29, 1.82) is 0 Å². The number of carbonyl (C=O) groups excluding carboxylic acids is 1. The number of rotatable bonds is 7. The van der Waals surface area contributed by atoms with Gasteiger partial charge in [-0.05, 0) is 27.1 Å². The molecule has 2 amide bonds. The first kappa shape index (κ1) is 18.7. The maximum absolute atomic E-state index is 12.2. The van der Waals surface area contributed by atoms with Crippen molar-refractivity contribution in [3.63, 3.8) is 0 Å². The number of carbonyl (C=O) groups is 1. The molecule has 2 rings (SSSR count). The van der Waals surface area contributed by atoms with Gasteiger partial charge in [0, 0.05) is 19.2 Å². The number of benzene rings is 1. The maximum atomic E-state index is 12.2. The molecule has 1 aromatic carbocycles. The fraction of sp³-hybridized carbons (Fsp3) is 0.471. The van der Waals surface area contributed by atoms with Crippen LogP contribution in [0.4, 0.5) is 4.79 Å². The van der Waals surface area contributed by atoms with Crippen LogP contribution in [0.2, 0.25) is 0 Å². The first-order valence-electron chi connectivity index (χ1n) is 8.11. The highest BCUT2D eigenvalue weighted by Crippen LogP contribution is 2.27. The number of amides is 2. The van der Waals surface area contributed by atoms with Crippen LogP contribution in [0, 0.1) is 0 Å². The fourth-order valence-corrected chi connectivity index (χ4v) is 2.70. The lowest BCUT2D eigenvalue weighted by molar-refractivity contribution is 0.228. The number of hydrogen-bond donors (Lipinski definition) is 2. The van der Waals surface area contributed by atoms with E-state index in [0.717, 1.165) is 11.3 Å². The van der Waals surface area contributed by atoms with E-state index in [4.69, 9.17) is 4.74 Å². The number of nitrogens with zero attached hydrogens (tertiary/aromatic N) is 4. The van der Waals surface area contributed by atoms with Gasteiger partial charge in [-0.3, -0.25) is 0 Å². The molecule has 1 heterocycles. The van der Waals surface area contributed by atoms with Crippen molar-refractivity contribution in [2.24, 2.45) is 7.05 Å². The molecule has 0 aliphatic rings. The molecule has 2 unspecified atom stereocenters. The van der Waals surface area contributed by atoms with Crippen LogP contribution in [0.1, 0.15) is 30.4 Å². The molecule has 136 valence electrons. The summed E-state index contributed by atoms with van der Waals surface area (Å²) in [5, 5.41) is 13.6. The van der Waals surface area contributed by atoms with Gasteiger partial charge in [-0.1, -0.05) is 18.2 Å². The monoisotopic (exact) mass is 346 g/mol. The van der Waals surface area contributed by atoms with Gasteiger partial charge in [0.15, 0.2) is 5.82 Å². The number of hydrogen-bond acceptors (Lipinski definition) is 5. The molecule has 2 N–H and O–H groups in total. The summed E-state index contributed by atoms with van der Waals surface area (Å²) < 4.78 is 7.22. The van der Waals surface area contributed by atoms with Crippen LogP contribution < -0.4 is 15.4 Å². The van der Waals surface area contributed by atoms with Crippen LogP contribution in [-0.4, -0.2) is 53.4 Å². The highest BCUT2D eigenvalue weighted by Gasteiger charge is 2.20. The van der Waals surface area contributed by atoms with Crippen molar-refractivity contribution < 1.29 is 9.53 Å². The Morgan fingerprint density at radius 3 is 2.68 bits per heavy atom. The number of para-hydroxylation sites is 1. The number of methoxy groups -OCH3 is 1. The fourth-order valence-electron chi connectivity index (χ4n) is 2.70. The molecule has 1 aromatic heterocycles. The lowest BCUT2D eigenvalue weighted by Crippen LogP contribution is -2.41. The Morgan fingerprint density at radius 2 is 2.08 bits per heavy atom. The van der Waals surface area contributed by atoms with Gasteiger partial charge in [-0.15, -0.1) is 10.2 Å². The predicted molar refractivity (Wildman–Crippen MR) is 95.4 cm³/mol. The summed E-state index contributed by atoms with van der Waals surface area (Å²) >= 11 is 0. The summed E-state index contributed by atoms with van der Waals surface area (Å²) in [6.07, 6.45) is 1.61. The van der Waals surface area contributed by atoms with Crippen molar-refractivity contribution in [1.82, 2.24) is 30.3 Å². The van der Waals surface area contributed by atoms with Crippen LogP contribution in [0.3, 0.4) is 0 Å². The predicted octanol–water partition coefficient (Wildman–Crippen LogP) is 1.49. The first-order valence-corrected chi connectivity index (χ1v) is 8.11. The molecule has 2 aromatic rings. The largest absolute Gasteiger partial charge is 0.496 e. The second-order valence-corrected chi connectivity index (χ2v) is 6.10. The lowest BCUT2D eigenvalue weighted by Gasteiger charge is -2.27. The molecule has 8 nitrogen and oxygen atoms in total. The Kier molecular flexibility index (Phi) is 6.35. The number of ether oxygens (including phenoxy) is 1. The molecule has 0 saturated heterocycles. The average Bonchev–Trinajstić information content (AvgIpc) is 3.01. The zero-order valence-electron chi connectivity index (χ0n) is 15.4. The van der Waals surface area contributed by atoms with Crippen molar-refractivity contribution >= 4 is 6.03 Å². The SMILES string of the molecule is COc1ccccc1C(CNC(=O)NC(C)c1nncn1C)N(C)C. The minimum atomic E-state index is -0.253. The number of aromatic nitrogens is 3. The van der Waals surface area contributed by atoms with Gasteiger partial charge in [0.2, 0.25) is 0 Å². The average molecular weight is 346 g/mol. The topological polar surface area (TPSA) is 84.3 Å². The summed E-state index contributed by atoms with van der Waals surface area (Å²) in [7, 11) is 7.43. The van der Waals surface area contributed by atoms with Gasteiger partial charge in [-0.2, -0.15) is 0 Å². The number of urea groups is 1. The normalized spacial score (nSPS) is 13.4. The van der Waals surface area contributed by atoms with Crippen molar-refractivity contribution in [2.45, 2.75) is 19.0 Å². The molecule has 0 spiro atoms. The maximum Gasteiger partial charge on any atom is 0.315 e. The standard InChI is InChI=1S/C17H26N6O2/c1-12(16-21-19-11-23(16)4)20-17(24)18-10-14(22(2)3)13-8-6-7-9-15(13)25-5/h6-9,11-12,14H,10H2,1-5H3,(H2,18,20,24). The molecule has 0 aliphatic carbocycles. The Hall–Kier alpha value is -2.61. The Bertz CT molecular complexity index is 700. The van der Waals surface area contributed by atoms with Gasteiger partial charge in [0.25, 0.3) is 0 Å². The molecule has 8 heteroatoms. The third-order valence-electron chi connectivity index (χ3n) is 4.06. The number of likely N-dealkylation sites (N-methyl/N-ethyl adjacent to an activating group) is 1. The molecule has 0 bridgehead atoms. The third-order valence-corrected chi connectivity index (χ3v) is 4.06. The van der Waals surface area contributed by atoms with E-state index in [1.165, 1.54) is 0 Å². The van der Waals surface area contributed by atoms with Crippen molar-refractivity contribution in [3.05, 3.63) is 42.0 Å². The van der Waals surface area contributed by atoms with E-state index in [9.17, 15) is 4.79 Å². The molecular weight excluding hydrogens is 320 g/mol. The van der Waals surface area contributed by atoms with Crippen LogP contribution in [0.5, 0.6) is 5.75 Å². The number of aryl methyl sites for hydroxylation is 1. The van der Waals surface area contributed by atoms with Gasteiger partial charge in [0.1, 0.15) is 12.1 Å². The first-order chi connectivity index (χ1) is 11.9. The van der Waals surface area contributed by atoms with E-state index in [1.54, 1.807) is 18.0 Å². The molecule has 0 saturated carbocycles. The van der Waals surface area contributed by atoms with Crippen molar-refractivity contribution in [3.8, 4) is 5.75 Å². The molecule has 0 fully saturated rings. The highest BCUT2D eigenvalue weighted by molar-refractivity contribution is 5.74.